The quantitative estimate of drug-likeness (QED) is 0.157. The van der Waals surface area contributed by atoms with E-state index in [0.717, 1.165) is 55.8 Å². The van der Waals surface area contributed by atoms with E-state index in [-0.39, 0.29) is 0 Å². The molecule has 0 bridgehead atoms. The number of hydrogen-bond acceptors (Lipinski definition) is 1. The van der Waals surface area contributed by atoms with Crippen molar-refractivity contribution < 1.29 is 0 Å². The van der Waals surface area contributed by atoms with Crippen molar-refractivity contribution in [2.24, 2.45) is 0 Å². The fourth-order valence-corrected chi connectivity index (χ4v) is 10.3. The molecule has 0 aliphatic rings. The highest BCUT2D eigenvalue weighted by Crippen LogP contribution is 2.44. The Balaban J connectivity index is 1.01. The van der Waals surface area contributed by atoms with Gasteiger partial charge in [0.05, 0.1) is 39.1 Å². The topological polar surface area (TPSA) is 22.8 Å². The SMILES string of the molecule is c1ccc(-c2ccc(-c3cc(-c4ccc(-c5ccccc5)cc4)nc(-c4cccc5c(-n6c7ccccc7c7c8c9ccccc9n(-c9ccccc9)c8ccc76)cccc45)c3)cc2)cc1. The third kappa shape index (κ3) is 6.17. The maximum Gasteiger partial charge on any atom is 0.0721 e. The molecule has 0 aliphatic carbocycles. The van der Waals surface area contributed by atoms with E-state index in [0.29, 0.717) is 0 Å². The van der Waals surface area contributed by atoms with Crippen LogP contribution in [0.2, 0.25) is 0 Å². The van der Waals surface area contributed by atoms with Gasteiger partial charge in [0.25, 0.3) is 0 Å². The van der Waals surface area contributed by atoms with E-state index >= 15 is 0 Å². The summed E-state index contributed by atoms with van der Waals surface area (Å²) < 4.78 is 4.88. The van der Waals surface area contributed by atoms with Crippen LogP contribution in [0.3, 0.4) is 0 Å². The first kappa shape index (κ1) is 37.7. The molecule has 0 spiro atoms. The van der Waals surface area contributed by atoms with Gasteiger partial charge in [-0.3, -0.25) is 0 Å². The summed E-state index contributed by atoms with van der Waals surface area (Å²) in [5, 5.41) is 7.33. The van der Waals surface area contributed by atoms with Crippen LogP contribution in [-0.2, 0) is 0 Å². The number of para-hydroxylation sites is 3. The molecule has 3 heteroatoms. The predicted octanol–water partition coefficient (Wildman–Crippen LogP) is 16.8. The van der Waals surface area contributed by atoms with Crippen molar-refractivity contribution in [1.29, 1.82) is 0 Å². The third-order valence-corrected chi connectivity index (χ3v) is 13.3. The maximum absolute atomic E-state index is 5.49. The number of pyridine rings is 1. The molecule has 66 heavy (non-hydrogen) atoms. The molecule has 0 aliphatic heterocycles. The third-order valence-electron chi connectivity index (χ3n) is 13.3. The number of benzene rings is 10. The summed E-state index contributed by atoms with van der Waals surface area (Å²) >= 11 is 0. The van der Waals surface area contributed by atoms with Crippen molar-refractivity contribution >= 4 is 54.4 Å². The normalized spacial score (nSPS) is 11.6. The lowest BCUT2D eigenvalue weighted by atomic mass is 9.95. The molecule has 10 aromatic carbocycles. The van der Waals surface area contributed by atoms with E-state index in [1.54, 1.807) is 0 Å². The van der Waals surface area contributed by atoms with Crippen molar-refractivity contribution in [2.75, 3.05) is 0 Å². The second kappa shape index (κ2) is 15.5. The Labute approximate surface area is 382 Å². The first-order valence-corrected chi connectivity index (χ1v) is 22.6. The van der Waals surface area contributed by atoms with Gasteiger partial charge in [-0.05, 0) is 93.4 Å². The molecule has 3 nitrogen and oxygen atoms in total. The van der Waals surface area contributed by atoms with Crippen molar-refractivity contribution in [1.82, 2.24) is 14.1 Å². The zero-order valence-electron chi connectivity index (χ0n) is 36.0. The zero-order chi connectivity index (χ0) is 43.6. The van der Waals surface area contributed by atoms with Gasteiger partial charge in [-0.1, -0.05) is 194 Å². The molecule has 3 heterocycles. The second-order valence-corrected chi connectivity index (χ2v) is 17.1. The Kier molecular flexibility index (Phi) is 8.85. The number of nitrogens with zero attached hydrogens (tertiary/aromatic N) is 3. The van der Waals surface area contributed by atoms with Gasteiger partial charge in [-0.25, -0.2) is 4.98 Å². The standard InChI is InChI=1S/C63H41N3/c1-4-16-42(17-5-1)44-30-32-46(33-31-44)48-40-55(47-36-34-45(35-37-47)43-18-6-2-7-19-43)64-56(41-48)51-25-14-26-52-50(51)24-15-29-57(52)66-59-28-13-11-23-54(59)63-61(66)39-38-60-62(63)53-22-10-12-27-58(53)65(60)49-20-8-3-9-21-49/h1-41H. The fraction of sp³-hybridized carbons (Fsp3) is 0. The van der Waals surface area contributed by atoms with Crippen LogP contribution in [0, 0.1) is 0 Å². The largest absolute Gasteiger partial charge is 0.309 e. The fourth-order valence-electron chi connectivity index (χ4n) is 10.3. The second-order valence-electron chi connectivity index (χ2n) is 17.1. The monoisotopic (exact) mass is 839 g/mol. The van der Waals surface area contributed by atoms with Crippen LogP contribution in [0.4, 0.5) is 0 Å². The van der Waals surface area contributed by atoms with Crippen LogP contribution in [0.5, 0.6) is 0 Å². The van der Waals surface area contributed by atoms with Crippen LogP contribution >= 0.6 is 0 Å². The number of rotatable bonds is 7. The molecular formula is C63H41N3. The Hall–Kier alpha value is -8.79. The van der Waals surface area contributed by atoms with E-state index in [1.807, 2.05) is 0 Å². The highest BCUT2D eigenvalue weighted by Gasteiger charge is 2.22. The number of aromatic nitrogens is 3. The van der Waals surface area contributed by atoms with Gasteiger partial charge in [0.15, 0.2) is 0 Å². The van der Waals surface area contributed by atoms with Gasteiger partial charge in [-0.2, -0.15) is 0 Å². The summed E-state index contributed by atoms with van der Waals surface area (Å²) in [5.41, 5.74) is 18.1. The number of hydrogen-bond donors (Lipinski definition) is 0. The average Bonchev–Trinajstić information content (AvgIpc) is 3.92. The van der Waals surface area contributed by atoms with Crippen LogP contribution < -0.4 is 0 Å². The lowest BCUT2D eigenvalue weighted by Gasteiger charge is -2.16. The maximum atomic E-state index is 5.49. The Bertz CT molecular complexity index is 3840. The number of fused-ring (bicyclic) bond motifs is 8. The molecular weight excluding hydrogens is 799 g/mol. The molecule has 0 atom stereocenters. The Morgan fingerprint density at radius 2 is 0.697 bits per heavy atom. The van der Waals surface area contributed by atoms with Gasteiger partial charge in [0, 0.05) is 43.7 Å². The Morgan fingerprint density at radius 3 is 1.32 bits per heavy atom. The molecule has 3 aromatic heterocycles. The summed E-state index contributed by atoms with van der Waals surface area (Å²) in [4.78, 5) is 5.49. The van der Waals surface area contributed by atoms with Crippen molar-refractivity contribution in [3.8, 4) is 67.3 Å². The van der Waals surface area contributed by atoms with Gasteiger partial charge in [0.2, 0.25) is 0 Å². The molecule has 0 saturated carbocycles. The predicted molar refractivity (Wildman–Crippen MR) is 278 cm³/mol. The summed E-state index contributed by atoms with van der Waals surface area (Å²) in [6.45, 7) is 0. The minimum atomic E-state index is 0.933. The average molecular weight is 840 g/mol. The molecule has 0 radical (unpaired) electrons. The Morgan fingerprint density at radius 1 is 0.258 bits per heavy atom. The van der Waals surface area contributed by atoms with E-state index < -0.39 is 0 Å². The molecule has 0 unspecified atom stereocenters. The molecule has 308 valence electrons. The molecule has 0 N–H and O–H groups in total. The van der Waals surface area contributed by atoms with Crippen LogP contribution in [0.15, 0.2) is 249 Å². The van der Waals surface area contributed by atoms with Crippen LogP contribution in [-0.4, -0.2) is 14.1 Å². The lowest BCUT2D eigenvalue weighted by molar-refractivity contribution is 1.18. The highest BCUT2D eigenvalue weighted by molar-refractivity contribution is 6.29. The van der Waals surface area contributed by atoms with E-state index in [4.69, 9.17) is 4.98 Å². The summed E-state index contributed by atoms with van der Waals surface area (Å²) in [7, 11) is 0. The van der Waals surface area contributed by atoms with Crippen molar-refractivity contribution in [3.63, 3.8) is 0 Å². The van der Waals surface area contributed by atoms with Crippen molar-refractivity contribution in [3.05, 3.63) is 249 Å². The first-order chi connectivity index (χ1) is 32.7. The lowest BCUT2D eigenvalue weighted by Crippen LogP contribution is -1.97. The van der Waals surface area contributed by atoms with Gasteiger partial charge in [0.1, 0.15) is 0 Å². The van der Waals surface area contributed by atoms with Gasteiger partial charge < -0.3 is 9.13 Å². The van der Waals surface area contributed by atoms with E-state index in [2.05, 4.69) is 258 Å². The summed E-state index contributed by atoms with van der Waals surface area (Å²) in [6, 6.07) is 89.8. The summed E-state index contributed by atoms with van der Waals surface area (Å²) in [6.07, 6.45) is 0. The molecule has 0 amide bonds. The van der Waals surface area contributed by atoms with Crippen LogP contribution in [0.1, 0.15) is 0 Å². The van der Waals surface area contributed by atoms with Gasteiger partial charge >= 0.3 is 0 Å². The minimum absolute atomic E-state index is 0.933. The van der Waals surface area contributed by atoms with Gasteiger partial charge in [-0.15, -0.1) is 0 Å². The summed E-state index contributed by atoms with van der Waals surface area (Å²) in [5.74, 6) is 0. The first-order valence-electron chi connectivity index (χ1n) is 22.6. The van der Waals surface area contributed by atoms with E-state index in [1.165, 1.54) is 65.9 Å². The zero-order valence-corrected chi connectivity index (χ0v) is 36.0. The molecule has 13 rings (SSSR count). The molecule has 0 fully saturated rings. The van der Waals surface area contributed by atoms with Crippen LogP contribution in [0.25, 0.3) is 122 Å². The minimum Gasteiger partial charge on any atom is -0.309 e. The molecule has 13 aromatic rings. The highest BCUT2D eigenvalue weighted by atomic mass is 15.0. The smallest absolute Gasteiger partial charge is 0.0721 e. The molecule has 0 saturated heterocycles. The van der Waals surface area contributed by atoms with E-state index in [9.17, 15) is 0 Å². The van der Waals surface area contributed by atoms with Crippen molar-refractivity contribution in [2.45, 2.75) is 0 Å².